The molecule has 0 fully saturated rings. The predicted molar refractivity (Wildman–Crippen MR) is 74.7 cm³/mol. The van der Waals surface area contributed by atoms with Gasteiger partial charge in [-0.1, -0.05) is 13.8 Å². The fourth-order valence-corrected chi connectivity index (χ4v) is 2.00. The second-order valence-electron chi connectivity index (χ2n) is 5.14. The average molecular weight is 244 g/mol. The Kier molecular flexibility index (Phi) is 3.70. The third kappa shape index (κ3) is 2.73. The summed E-state index contributed by atoms with van der Waals surface area (Å²) >= 11 is 0. The minimum atomic E-state index is 0.0152. The largest absolute Gasteiger partial charge is 0.352 e. The fraction of sp³-hybridized carbons (Fsp3) is 0.400. The summed E-state index contributed by atoms with van der Waals surface area (Å²) in [6.07, 6.45) is 3.02. The molecule has 18 heavy (non-hydrogen) atoms. The van der Waals surface area contributed by atoms with E-state index in [2.05, 4.69) is 23.7 Å². The van der Waals surface area contributed by atoms with E-state index in [-0.39, 0.29) is 5.91 Å². The Labute approximate surface area is 108 Å². The normalized spacial score (nSPS) is 11.1. The minimum Gasteiger partial charge on any atom is -0.352 e. The van der Waals surface area contributed by atoms with Crippen LogP contribution in [0.3, 0.4) is 0 Å². The maximum Gasteiger partial charge on any atom is 0.251 e. The van der Waals surface area contributed by atoms with Crippen molar-refractivity contribution in [3.63, 3.8) is 0 Å². The Morgan fingerprint density at radius 3 is 2.83 bits per heavy atom. The molecule has 1 amide bonds. The molecule has 0 aliphatic carbocycles. The first-order chi connectivity index (χ1) is 8.58. The van der Waals surface area contributed by atoms with E-state index in [1.807, 2.05) is 37.5 Å². The van der Waals surface area contributed by atoms with E-state index in [9.17, 15) is 4.79 Å². The van der Waals surface area contributed by atoms with Crippen LogP contribution in [0.1, 0.15) is 30.6 Å². The van der Waals surface area contributed by atoms with Crippen molar-refractivity contribution in [2.24, 2.45) is 13.0 Å². The van der Waals surface area contributed by atoms with Crippen molar-refractivity contribution in [1.29, 1.82) is 0 Å². The number of aryl methyl sites for hydroxylation is 1. The summed E-state index contributed by atoms with van der Waals surface area (Å²) in [7, 11) is 2.00. The van der Waals surface area contributed by atoms with Crippen molar-refractivity contribution in [3.8, 4) is 0 Å². The van der Waals surface area contributed by atoms with Crippen molar-refractivity contribution < 1.29 is 4.79 Å². The molecule has 0 unspecified atom stereocenters. The Morgan fingerprint density at radius 1 is 1.33 bits per heavy atom. The summed E-state index contributed by atoms with van der Waals surface area (Å²) in [5.74, 6) is 0.628. The molecule has 3 nitrogen and oxygen atoms in total. The summed E-state index contributed by atoms with van der Waals surface area (Å²) in [6, 6.07) is 7.85. The maximum atomic E-state index is 12.0. The zero-order valence-electron chi connectivity index (χ0n) is 11.2. The van der Waals surface area contributed by atoms with Crippen LogP contribution in [-0.4, -0.2) is 17.0 Å². The molecule has 0 aliphatic rings. The highest BCUT2D eigenvalue weighted by molar-refractivity contribution is 5.98. The van der Waals surface area contributed by atoms with Crippen molar-refractivity contribution in [1.82, 2.24) is 9.88 Å². The molecule has 0 aliphatic heterocycles. The van der Waals surface area contributed by atoms with Crippen LogP contribution in [0.25, 0.3) is 10.9 Å². The van der Waals surface area contributed by atoms with Crippen molar-refractivity contribution in [3.05, 3.63) is 36.0 Å². The Bertz CT molecular complexity index is 555. The second kappa shape index (κ2) is 5.25. The summed E-state index contributed by atoms with van der Waals surface area (Å²) in [5, 5.41) is 4.06. The van der Waals surface area contributed by atoms with Crippen LogP contribution in [0.4, 0.5) is 0 Å². The third-order valence-corrected chi connectivity index (χ3v) is 3.15. The predicted octanol–water partition coefficient (Wildman–Crippen LogP) is 2.95. The lowest BCUT2D eigenvalue weighted by molar-refractivity contribution is 0.0952. The quantitative estimate of drug-likeness (QED) is 0.881. The molecular formula is C15H20N2O. The highest BCUT2D eigenvalue weighted by atomic mass is 16.1. The van der Waals surface area contributed by atoms with E-state index < -0.39 is 0 Å². The number of aromatic nitrogens is 1. The topological polar surface area (TPSA) is 34.0 Å². The third-order valence-electron chi connectivity index (χ3n) is 3.15. The number of carbonyl (C=O) groups is 1. The van der Waals surface area contributed by atoms with E-state index in [1.165, 1.54) is 0 Å². The van der Waals surface area contributed by atoms with E-state index in [4.69, 9.17) is 0 Å². The summed E-state index contributed by atoms with van der Waals surface area (Å²) in [6.45, 7) is 5.05. The number of hydrogen-bond donors (Lipinski definition) is 1. The first-order valence-corrected chi connectivity index (χ1v) is 6.41. The molecule has 2 aromatic rings. The maximum absolute atomic E-state index is 12.0. The van der Waals surface area contributed by atoms with Gasteiger partial charge in [0.2, 0.25) is 0 Å². The average Bonchev–Trinajstić information content (AvgIpc) is 2.70. The summed E-state index contributed by atoms with van der Waals surface area (Å²) in [5.41, 5.74) is 1.88. The van der Waals surface area contributed by atoms with Gasteiger partial charge < -0.3 is 9.88 Å². The molecular weight excluding hydrogens is 224 g/mol. The highest BCUT2D eigenvalue weighted by Crippen LogP contribution is 2.16. The zero-order chi connectivity index (χ0) is 13.1. The molecule has 1 heterocycles. The fourth-order valence-electron chi connectivity index (χ4n) is 2.00. The van der Waals surface area contributed by atoms with Crippen LogP contribution in [-0.2, 0) is 7.05 Å². The summed E-state index contributed by atoms with van der Waals surface area (Å²) < 4.78 is 2.05. The van der Waals surface area contributed by atoms with Gasteiger partial charge in [-0.2, -0.15) is 0 Å². The Morgan fingerprint density at radius 2 is 2.11 bits per heavy atom. The number of amides is 1. The van der Waals surface area contributed by atoms with Gasteiger partial charge in [0.15, 0.2) is 0 Å². The van der Waals surface area contributed by atoms with Crippen molar-refractivity contribution >= 4 is 16.8 Å². The number of nitrogens with zero attached hydrogens (tertiary/aromatic N) is 1. The van der Waals surface area contributed by atoms with Crippen LogP contribution < -0.4 is 5.32 Å². The van der Waals surface area contributed by atoms with Crippen LogP contribution in [0.2, 0.25) is 0 Å². The monoisotopic (exact) mass is 244 g/mol. The SMILES string of the molecule is CC(C)CCNC(=O)c1ccc2c(ccn2C)c1. The van der Waals surface area contributed by atoms with E-state index in [0.717, 1.165) is 29.4 Å². The second-order valence-corrected chi connectivity index (χ2v) is 5.14. The van der Waals surface area contributed by atoms with Crippen LogP contribution >= 0.6 is 0 Å². The minimum absolute atomic E-state index is 0.0152. The van der Waals surface area contributed by atoms with Gasteiger partial charge in [-0.25, -0.2) is 0 Å². The van der Waals surface area contributed by atoms with Crippen LogP contribution in [0.5, 0.6) is 0 Å². The lowest BCUT2D eigenvalue weighted by Gasteiger charge is -2.07. The molecule has 0 radical (unpaired) electrons. The first-order valence-electron chi connectivity index (χ1n) is 6.41. The molecule has 3 heteroatoms. The van der Waals surface area contributed by atoms with Gasteiger partial charge in [0.1, 0.15) is 0 Å². The molecule has 96 valence electrons. The Hall–Kier alpha value is -1.77. The van der Waals surface area contributed by atoms with Gasteiger partial charge >= 0.3 is 0 Å². The first kappa shape index (κ1) is 12.7. The van der Waals surface area contributed by atoms with Crippen molar-refractivity contribution in [2.75, 3.05) is 6.54 Å². The van der Waals surface area contributed by atoms with Gasteiger partial charge in [0, 0.05) is 36.3 Å². The van der Waals surface area contributed by atoms with Gasteiger partial charge in [-0.05, 0) is 36.6 Å². The molecule has 0 spiro atoms. The van der Waals surface area contributed by atoms with E-state index >= 15 is 0 Å². The van der Waals surface area contributed by atoms with Gasteiger partial charge in [-0.3, -0.25) is 4.79 Å². The number of benzene rings is 1. The van der Waals surface area contributed by atoms with Crippen LogP contribution in [0.15, 0.2) is 30.5 Å². The molecule has 2 rings (SSSR count). The van der Waals surface area contributed by atoms with Gasteiger partial charge in [-0.15, -0.1) is 0 Å². The molecule has 0 bridgehead atoms. The van der Waals surface area contributed by atoms with Crippen LogP contribution in [0, 0.1) is 5.92 Å². The molecule has 0 atom stereocenters. The Balaban J connectivity index is 2.08. The molecule has 1 aromatic carbocycles. The highest BCUT2D eigenvalue weighted by Gasteiger charge is 2.07. The lowest BCUT2D eigenvalue weighted by Crippen LogP contribution is -2.25. The number of fused-ring (bicyclic) bond motifs is 1. The van der Waals surface area contributed by atoms with Crippen molar-refractivity contribution in [2.45, 2.75) is 20.3 Å². The molecule has 1 N–H and O–H groups in total. The zero-order valence-corrected chi connectivity index (χ0v) is 11.2. The van der Waals surface area contributed by atoms with Gasteiger partial charge in [0.05, 0.1) is 0 Å². The van der Waals surface area contributed by atoms with E-state index in [1.54, 1.807) is 0 Å². The van der Waals surface area contributed by atoms with E-state index in [0.29, 0.717) is 5.92 Å². The number of hydrogen-bond acceptors (Lipinski definition) is 1. The van der Waals surface area contributed by atoms with Gasteiger partial charge in [0.25, 0.3) is 5.91 Å². The molecule has 1 aromatic heterocycles. The standard InChI is InChI=1S/C15H20N2O/c1-11(2)6-8-16-15(18)13-4-5-14-12(10-13)7-9-17(14)3/h4-5,7,9-11H,6,8H2,1-3H3,(H,16,18). The molecule has 0 saturated carbocycles. The smallest absolute Gasteiger partial charge is 0.251 e. The molecule has 0 saturated heterocycles. The summed E-state index contributed by atoms with van der Waals surface area (Å²) in [4.78, 5) is 12.0. The number of rotatable bonds is 4. The number of nitrogens with one attached hydrogen (secondary N) is 1. The lowest BCUT2D eigenvalue weighted by atomic mass is 10.1. The number of carbonyl (C=O) groups excluding carboxylic acids is 1.